The highest BCUT2D eigenvalue weighted by Crippen LogP contribution is 2.22. The average molecular weight is 627 g/mol. The molecule has 0 saturated carbocycles. The Morgan fingerprint density at radius 1 is 0.587 bits per heavy atom. The van der Waals surface area contributed by atoms with E-state index in [2.05, 4.69) is 10.6 Å². The van der Waals surface area contributed by atoms with Crippen molar-refractivity contribution in [3.05, 3.63) is 127 Å². The maximum atomic E-state index is 13.6. The molecule has 0 aliphatic rings. The van der Waals surface area contributed by atoms with E-state index in [0.717, 1.165) is 9.13 Å². The van der Waals surface area contributed by atoms with Gasteiger partial charge in [0.1, 0.15) is 22.8 Å². The van der Waals surface area contributed by atoms with Gasteiger partial charge in [-0.1, -0.05) is 60.7 Å². The van der Waals surface area contributed by atoms with E-state index in [1.165, 1.54) is 26.2 Å². The molecule has 0 fully saturated rings. The Morgan fingerprint density at radius 3 is 1.26 bits per heavy atom. The second kappa shape index (κ2) is 14.8. The van der Waals surface area contributed by atoms with Gasteiger partial charge >= 0.3 is 11.9 Å². The number of pyridine rings is 2. The van der Waals surface area contributed by atoms with Crippen molar-refractivity contribution < 1.29 is 28.7 Å². The van der Waals surface area contributed by atoms with Gasteiger partial charge in [-0.05, 0) is 26.0 Å². The van der Waals surface area contributed by atoms with E-state index in [-0.39, 0.29) is 60.2 Å². The molecule has 0 amide bonds. The van der Waals surface area contributed by atoms with Crippen molar-refractivity contribution in [1.82, 2.24) is 9.13 Å². The van der Waals surface area contributed by atoms with E-state index in [9.17, 15) is 28.8 Å². The zero-order valence-electron chi connectivity index (χ0n) is 25.9. The minimum Gasteiger partial charge on any atom is -0.462 e. The molecule has 2 N–H and O–H groups in total. The fourth-order valence-corrected chi connectivity index (χ4v) is 4.81. The number of aromatic nitrogens is 2. The molecular formula is C34H34N4O8. The van der Waals surface area contributed by atoms with Crippen molar-refractivity contribution in [3.8, 4) is 0 Å². The molecule has 2 heterocycles. The lowest BCUT2D eigenvalue weighted by atomic mass is 10.0. The van der Waals surface area contributed by atoms with Crippen LogP contribution in [0.3, 0.4) is 0 Å². The van der Waals surface area contributed by atoms with Crippen molar-refractivity contribution in [2.75, 3.05) is 36.9 Å². The lowest BCUT2D eigenvalue weighted by Gasteiger charge is -2.19. The van der Waals surface area contributed by atoms with Crippen molar-refractivity contribution in [1.29, 1.82) is 0 Å². The summed E-state index contributed by atoms with van der Waals surface area (Å²) in [7, 11) is 2.86. The summed E-state index contributed by atoms with van der Waals surface area (Å²) in [6, 6.07) is 19.2. The Morgan fingerprint density at radius 2 is 0.935 bits per heavy atom. The van der Waals surface area contributed by atoms with Crippen LogP contribution >= 0.6 is 0 Å². The van der Waals surface area contributed by atoms with Gasteiger partial charge < -0.3 is 20.1 Å². The number of benzene rings is 2. The first-order chi connectivity index (χ1) is 22.1. The molecule has 4 rings (SSSR count). The number of nitrogens with one attached hydrogen (secondary N) is 2. The topological polar surface area (TPSA) is 155 Å². The minimum absolute atomic E-state index is 0.0493. The van der Waals surface area contributed by atoms with Gasteiger partial charge in [-0.25, -0.2) is 9.59 Å². The normalized spacial score (nSPS) is 10.6. The number of esters is 2. The van der Waals surface area contributed by atoms with Crippen molar-refractivity contribution in [2.45, 2.75) is 13.8 Å². The van der Waals surface area contributed by atoms with Crippen LogP contribution in [-0.2, 0) is 23.6 Å². The number of carbonyl (C=O) groups is 4. The number of carbonyl (C=O) groups excluding carboxylic acids is 4. The molecule has 0 atom stereocenters. The molecule has 0 aliphatic carbocycles. The smallest absolute Gasteiger partial charge is 0.343 e. The molecule has 0 bridgehead atoms. The number of anilines is 2. The Balaban J connectivity index is 1.68. The largest absolute Gasteiger partial charge is 0.462 e. The SMILES string of the molecule is CCOC(=O)c1cc(C(=O)c2ccccc2)c(NCCNc2c(C(=O)c3ccccc3)cc(C(=O)OCC)c(=O)n2C)n(C)c1=O. The number of hydrogen-bond donors (Lipinski definition) is 2. The van der Waals surface area contributed by atoms with Crippen LogP contribution in [0.1, 0.15) is 66.4 Å². The second-order valence-corrected chi connectivity index (χ2v) is 10.1. The summed E-state index contributed by atoms with van der Waals surface area (Å²) < 4.78 is 12.4. The Kier molecular flexibility index (Phi) is 10.7. The van der Waals surface area contributed by atoms with Crippen LogP contribution < -0.4 is 21.8 Å². The van der Waals surface area contributed by atoms with Gasteiger partial charge in [-0.2, -0.15) is 0 Å². The van der Waals surface area contributed by atoms with Crippen LogP contribution in [0.2, 0.25) is 0 Å². The summed E-state index contributed by atoms with van der Waals surface area (Å²) >= 11 is 0. The van der Waals surface area contributed by atoms with Gasteiger partial charge in [0.15, 0.2) is 11.6 Å². The molecule has 0 saturated heterocycles. The second-order valence-electron chi connectivity index (χ2n) is 10.1. The summed E-state index contributed by atoms with van der Waals surface area (Å²) in [5.74, 6) is -2.24. The highest BCUT2D eigenvalue weighted by Gasteiger charge is 2.25. The minimum atomic E-state index is -0.846. The molecule has 0 unspecified atom stereocenters. The van der Waals surface area contributed by atoms with Crippen LogP contribution in [0.15, 0.2) is 82.4 Å². The van der Waals surface area contributed by atoms with Crippen LogP contribution in [0.4, 0.5) is 11.6 Å². The summed E-state index contributed by atoms with van der Waals surface area (Å²) in [6.07, 6.45) is 0. The van der Waals surface area contributed by atoms with Gasteiger partial charge in [0.25, 0.3) is 11.1 Å². The molecule has 46 heavy (non-hydrogen) atoms. The number of nitrogens with zero attached hydrogens (tertiary/aromatic N) is 2. The maximum absolute atomic E-state index is 13.6. The Bertz CT molecular complexity index is 1760. The third kappa shape index (κ3) is 6.96. The third-order valence-corrected chi connectivity index (χ3v) is 7.09. The highest BCUT2D eigenvalue weighted by atomic mass is 16.5. The first-order valence-electron chi connectivity index (χ1n) is 14.6. The fraction of sp³-hybridized carbons (Fsp3) is 0.235. The van der Waals surface area contributed by atoms with E-state index in [1.54, 1.807) is 74.5 Å². The molecule has 0 spiro atoms. The van der Waals surface area contributed by atoms with Crippen LogP contribution in [-0.4, -0.2) is 58.9 Å². The molecule has 0 aliphatic heterocycles. The highest BCUT2D eigenvalue weighted by molar-refractivity contribution is 6.13. The van der Waals surface area contributed by atoms with Crippen molar-refractivity contribution >= 4 is 35.1 Å². The molecular weight excluding hydrogens is 592 g/mol. The van der Waals surface area contributed by atoms with E-state index in [4.69, 9.17) is 9.47 Å². The quantitative estimate of drug-likeness (QED) is 0.128. The zero-order valence-corrected chi connectivity index (χ0v) is 25.9. The van der Waals surface area contributed by atoms with E-state index in [0.29, 0.717) is 11.1 Å². The lowest BCUT2D eigenvalue weighted by molar-refractivity contribution is 0.0514. The molecule has 4 aromatic rings. The summed E-state index contributed by atoms with van der Waals surface area (Å²) in [5.41, 5.74) is -1.06. The Hall–Kier alpha value is -5.78. The summed E-state index contributed by atoms with van der Waals surface area (Å²) in [4.78, 5) is 78.4. The first kappa shape index (κ1) is 33.1. The molecule has 238 valence electrons. The molecule has 12 heteroatoms. The van der Waals surface area contributed by atoms with Crippen LogP contribution in [0.5, 0.6) is 0 Å². The number of rotatable bonds is 13. The zero-order chi connectivity index (χ0) is 33.4. The van der Waals surface area contributed by atoms with Crippen molar-refractivity contribution in [3.63, 3.8) is 0 Å². The van der Waals surface area contributed by atoms with E-state index < -0.39 is 34.6 Å². The fourth-order valence-electron chi connectivity index (χ4n) is 4.81. The molecule has 2 aromatic carbocycles. The van der Waals surface area contributed by atoms with Gasteiger partial charge in [0, 0.05) is 38.3 Å². The van der Waals surface area contributed by atoms with E-state index in [1.807, 2.05) is 0 Å². The Labute approximate surface area is 264 Å². The summed E-state index contributed by atoms with van der Waals surface area (Å²) in [5, 5.41) is 6.17. The first-order valence-corrected chi connectivity index (χ1v) is 14.6. The van der Waals surface area contributed by atoms with Gasteiger partial charge in [0.05, 0.1) is 24.3 Å². The standard InChI is InChI=1S/C34H34N4O8/c1-5-45-33(43)25-19-23(27(39)21-13-9-7-10-14-21)29(37(3)31(25)41)35-17-18-36-30-24(28(40)22-15-11-8-12-16-22)20-26(32(42)38(30)4)34(44)46-6-2/h7-16,19-20,35-36H,5-6,17-18H2,1-4H3. The molecule has 0 radical (unpaired) electrons. The van der Waals surface area contributed by atoms with Gasteiger partial charge in [-0.3, -0.25) is 28.3 Å². The summed E-state index contributed by atoms with van der Waals surface area (Å²) in [6.45, 7) is 3.53. The number of ether oxygens (including phenoxy) is 2. The average Bonchev–Trinajstić information content (AvgIpc) is 3.07. The monoisotopic (exact) mass is 626 g/mol. The van der Waals surface area contributed by atoms with Crippen molar-refractivity contribution in [2.24, 2.45) is 14.1 Å². The predicted molar refractivity (Wildman–Crippen MR) is 172 cm³/mol. The molecule has 12 nitrogen and oxygen atoms in total. The number of hydrogen-bond acceptors (Lipinski definition) is 10. The van der Waals surface area contributed by atoms with Crippen LogP contribution in [0, 0.1) is 0 Å². The third-order valence-electron chi connectivity index (χ3n) is 7.09. The predicted octanol–water partition coefficient (Wildman–Crippen LogP) is 3.42. The van der Waals surface area contributed by atoms with E-state index >= 15 is 0 Å². The lowest BCUT2D eigenvalue weighted by Crippen LogP contribution is -2.32. The van der Waals surface area contributed by atoms with Crippen LogP contribution in [0.25, 0.3) is 0 Å². The van der Waals surface area contributed by atoms with Gasteiger partial charge in [-0.15, -0.1) is 0 Å². The van der Waals surface area contributed by atoms with Gasteiger partial charge in [0.2, 0.25) is 0 Å². The number of ketones is 2. The molecule has 2 aromatic heterocycles. The maximum Gasteiger partial charge on any atom is 0.343 e.